The van der Waals surface area contributed by atoms with Crippen molar-refractivity contribution in [2.45, 2.75) is 53.0 Å². The molecule has 3 N–H and O–H groups in total. The number of nitrogens with two attached hydrogens (primary N) is 1. The number of anilines is 2. The van der Waals surface area contributed by atoms with E-state index in [0.29, 0.717) is 12.4 Å². The lowest BCUT2D eigenvalue weighted by molar-refractivity contribution is -0.123. The third-order valence-corrected chi connectivity index (χ3v) is 3.73. The van der Waals surface area contributed by atoms with Crippen LogP contribution in [0.5, 0.6) is 0 Å². The Hall–Kier alpha value is -1.85. The molecule has 1 aromatic heterocycles. The van der Waals surface area contributed by atoms with E-state index >= 15 is 0 Å². The molecule has 1 aliphatic rings. The summed E-state index contributed by atoms with van der Waals surface area (Å²) in [6.45, 7) is 9.90. The fraction of sp³-hybridized carbons (Fsp3) is 0.688. The summed E-state index contributed by atoms with van der Waals surface area (Å²) in [4.78, 5) is 22.6. The van der Waals surface area contributed by atoms with Gasteiger partial charge >= 0.3 is 0 Å². The first-order valence-corrected chi connectivity index (χ1v) is 7.88. The monoisotopic (exact) mass is 305 g/mol. The first-order chi connectivity index (χ1) is 10.2. The molecule has 1 aromatic rings. The molecule has 0 aliphatic carbocycles. The van der Waals surface area contributed by atoms with Gasteiger partial charge in [-0.2, -0.15) is 4.98 Å². The molecule has 2 rings (SSSR count). The number of hydrogen-bond donors (Lipinski definition) is 2. The van der Waals surface area contributed by atoms with Crippen molar-refractivity contribution in [3.63, 3.8) is 0 Å². The van der Waals surface area contributed by atoms with E-state index in [1.165, 1.54) is 0 Å². The van der Waals surface area contributed by atoms with Gasteiger partial charge in [0.1, 0.15) is 5.82 Å². The first kappa shape index (κ1) is 16.5. The predicted octanol–water partition coefficient (Wildman–Crippen LogP) is 1.89. The van der Waals surface area contributed by atoms with Crippen LogP contribution in [0.3, 0.4) is 0 Å². The first-order valence-electron chi connectivity index (χ1n) is 7.88. The Labute approximate surface area is 132 Å². The average molecular weight is 305 g/mol. The van der Waals surface area contributed by atoms with Crippen LogP contribution in [0.2, 0.25) is 0 Å². The van der Waals surface area contributed by atoms with Crippen molar-refractivity contribution in [1.29, 1.82) is 0 Å². The molecule has 22 heavy (non-hydrogen) atoms. The summed E-state index contributed by atoms with van der Waals surface area (Å²) in [5.74, 6) is 1.34. The van der Waals surface area contributed by atoms with Gasteiger partial charge in [-0.1, -0.05) is 20.8 Å². The van der Waals surface area contributed by atoms with Crippen molar-refractivity contribution in [3.8, 4) is 0 Å². The molecule has 0 atom stereocenters. The highest BCUT2D eigenvalue weighted by atomic mass is 16.1. The second-order valence-electron chi connectivity index (χ2n) is 7.29. The van der Waals surface area contributed by atoms with Gasteiger partial charge in [-0.3, -0.25) is 4.79 Å². The highest BCUT2D eigenvalue weighted by molar-refractivity contribution is 5.76. The van der Waals surface area contributed by atoms with E-state index in [1.54, 1.807) is 0 Å². The van der Waals surface area contributed by atoms with E-state index in [-0.39, 0.29) is 17.4 Å². The molecule has 1 fully saturated rings. The summed E-state index contributed by atoms with van der Waals surface area (Å²) < 4.78 is 0. The fourth-order valence-corrected chi connectivity index (χ4v) is 2.75. The lowest BCUT2D eigenvalue weighted by atomic mass is 9.91. The minimum atomic E-state index is 0.0286. The molecule has 122 valence electrons. The van der Waals surface area contributed by atoms with Crippen molar-refractivity contribution in [3.05, 3.63) is 11.8 Å². The summed E-state index contributed by atoms with van der Waals surface area (Å²) in [5, 5.41) is 3.15. The molecule has 0 saturated carbocycles. The summed E-state index contributed by atoms with van der Waals surface area (Å²) >= 11 is 0. The molecule has 1 amide bonds. The number of hydrogen-bond acceptors (Lipinski definition) is 5. The Kier molecular flexibility index (Phi) is 4.88. The molecule has 0 spiro atoms. The fourth-order valence-electron chi connectivity index (χ4n) is 2.75. The lowest BCUT2D eigenvalue weighted by Crippen LogP contribution is -2.45. The molecule has 0 radical (unpaired) electrons. The van der Waals surface area contributed by atoms with E-state index in [1.807, 2.05) is 13.0 Å². The number of aromatic nitrogens is 2. The van der Waals surface area contributed by atoms with Crippen LogP contribution in [-0.4, -0.2) is 35.0 Å². The van der Waals surface area contributed by atoms with Gasteiger partial charge in [-0.25, -0.2) is 4.98 Å². The largest absolute Gasteiger partial charge is 0.368 e. The second kappa shape index (κ2) is 6.50. The quantitative estimate of drug-likeness (QED) is 0.891. The molecule has 1 saturated heterocycles. The van der Waals surface area contributed by atoms with Crippen molar-refractivity contribution >= 4 is 17.7 Å². The van der Waals surface area contributed by atoms with Crippen LogP contribution in [0.25, 0.3) is 0 Å². The number of nitrogens with one attached hydrogen (secondary N) is 1. The standard InChI is InChI=1S/C16H27N5O/c1-11-9-13(20-15(17)18-11)21-7-5-12(6-8-21)19-14(22)10-16(2,3)4/h9,12H,5-8,10H2,1-4H3,(H,19,22)(H2,17,18,20). The molecule has 0 bridgehead atoms. The van der Waals surface area contributed by atoms with Crippen molar-refractivity contribution in [1.82, 2.24) is 15.3 Å². The van der Waals surface area contributed by atoms with E-state index in [0.717, 1.165) is 37.4 Å². The highest BCUT2D eigenvalue weighted by Crippen LogP contribution is 2.21. The maximum absolute atomic E-state index is 12.0. The van der Waals surface area contributed by atoms with E-state index in [9.17, 15) is 4.79 Å². The number of carbonyl (C=O) groups excluding carboxylic acids is 1. The number of piperidine rings is 1. The molecule has 0 unspecified atom stereocenters. The Bertz CT molecular complexity index is 510. The van der Waals surface area contributed by atoms with E-state index < -0.39 is 0 Å². The molecular weight excluding hydrogens is 278 g/mol. The predicted molar refractivity (Wildman–Crippen MR) is 88.6 cm³/mol. The second-order valence-corrected chi connectivity index (χ2v) is 7.29. The van der Waals surface area contributed by atoms with Gasteiger partial charge < -0.3 is 16.0 Å². The number of nitrogen functional groups attached to an aromatic ring is 1. The van der Waals surface area contributed by atoms with Gasteiger partial charge in [0, 0.05) is 37.3 Å². The minimum absolute atomic E-state index is 0.0286. The van der Waals surface area contributed by atoms with Crippen molar-refractivity contribution in [2.24, 2.45) is 5.41 Å². The SMILES string of the molecule is Cc1cc(N2CCC(NC(=O)CC(C)(C)C)CC2)nc(N)n1. The summed E-state index contributed by atoms with van der Waals surface area (Å²) in [6, 6.07) is 2.21. The average Bonchev–Trinajstić information content (AvgIpc) is 2.36. The zero-order valence-corrected chi connectivity index (χ0v) is 14.0. The lowest BCUT2D eigenvalue weighted by Gasteiger charge is -2.33. The van der Waals surface area contributed by atoms with Crippen LogP contribution in [0.4, 0.5) is 11.8 Å². The number of aryl methyl sites for hydroxylation is 1. The van der Waals surface area contributed by atoms with Crippen LogP contribution < -0.4 is 16.0 Å². The topological polar surface area (TPSA) is 84.1 Å². The molecule has 0 aromatic carbocycles. The van der Waals surface area contributed by atoms with Gasteiger partial charge in [0.25, 0.3) is 0 Å². The molecule has 2 heterocycles. The Morgan fingerprint density at radius 1 is 1.36 bits per heavy atom. The Balaban J connectivity index is 1.86. The summed E-state index contributed by atoms with van der Waals surface area (Å²) in [6.07, 6.45) is 2.42. The Morgan fingerprint density at radius 3 is 2.55 bits per heavy atom. The van der Waals surface area contributed by atoms with Gasteiger partial charge in [-0.05, 0) is 25.2 Å². The van der Waals surface area contributed by atoms with Crippen LogP contribution in [0.15, 0.2) is 6.07 Å². The summed E-state index contributed by atoms with van der Waals surface area (Å²) in [7, 11) is 0. The number of amides is 1. The Morgan fingerprint density at radius 2 is 2.00 bits per heavy atom. The van der Waals surface area contributed by atoms with Crippen LogP contribution in [0, 0.1) is 12.3 Å². The summed E-state index contributed by atoms with van der Waals surface area (Å²) in [5.41, 5.74) is 6.62. The van der Waals surface area contributed by atoms with Gasteiger partial charge in [0.2, 0.25) is 11.9 Å². The highest BCUT2D eigenvalue weighted by Gasteiger charge is 2.23. The van der Waals surface area contributed by atoms with Crippen LogP contribution in [-0.2, 0) is 4.79 Å². The number of carbonyl (C=O) groups is 1. The number of rotatable bonds is 3. The van der Waals surface area contributed by atoms with Crippen LogP contribution in [0.1, 0.15) is 45.7 Å². The van der Waals surface area contributed by atoms with E-state index in [2.05, 4.69) is 41.0 Å². The van der Waals surface area contributed by atoms with Crippen molar-refractivity contribution in [2.75, 3.05) is 23.7 Å². The zero-order valence-electron chi connectivity index (χ0n) is 14.0. The zero-order chi connectivity index (χ0) is 16.3. The maximum atomic E-state index is 12.0. The molecular formula is C16H27N5O. The third-order valence-electron chi connectivity index (χ3n) is 3.73. The van der Waals surface area contributed by atoms with Gasteiger partial charge in [-0.15, -0.1) is 0 Å². The van der Waals surface area contributed by atoms with E-state index in [4.69, 9.17) is 5.73 Å². The number of nitrogens with zero attached hydrogens (tertiary/aromatic N) is 3. The van der Waals surface area contributed by atoms with Gasteiger partial charge in [0.05, 0.1) is 0 Å². The maximum Gasteiger partial charge on any atom is 0.222 e. The smallest absolute Gasteiger partial charge is 0.222 e. The third kappa shape index (κ3) is 4.86. The minimum Gasteiger partial charge on any atom is -0.368 e. The van der Waals surface area contributed by atoms with Crippen molar-refractivity contribution < 1.29 is 4.79 Å². The van der Waals surface area contributed by atoms with Crippen LogP contribution >= 0.6 is 0 Å². The van der Waals surface area contributed by atoms with Gasteiger partial charge in [0.15, 0.2) is 0 Å². The molecule has 1 aliphatic heterocycles. The normalized spacial score (nSPS) is 16.6. The molecule has 6 heteroatoms. The molecule has 6 nitrogen and oxygen atoms in total.